The number of aromatic nitrogens is 2. The molecule has 23 nitrogen and oxygen atoms in total. The van der Waals surface area contributed by atoms with Crippen LogP contribution in [-0.4, -0.2) is 224 Å². The maximum atomic E-state index is 14.4. The van der Waals surface area contributed by atoms with E-state index in [1.54, 1.807) is 44.7 Å². The first-order valence-electron chi connectivity index (χ1n) is 25.8. The summed E-state index contributed by atoms with van der Waals surface area (Å²) in [6.07, 6.45) is 0.882. The van der Waals surface area contributed by atoms with Gasteiger partial charge in [0.25, 0.3) is 5.91 Å². The zero-order chi connectivity index (χ0) is 55.8. The van der Waals surface area contributed by atoms with Crippen LogP contribution in [0.25, 0.3) is 28.1 Å². The number of ether oxygens (including phenoxy) is 4. The number of amides is 3. The summed E-state index contributed by atoms with van der Waals surface area (Å²) in [7, 11) is 1.59. The fourth-order valence-corrected chi connectivity index (χ4v) is 9.97. The van der Waals surface area contributed by atoms with E-state index in [-0.39, 0.29) is 82.4 Å². The number of nitrogens with zero attached hydrogens (tertiary/aromatic N) is 7. The Morgan fingerprint density at radius 1 is 0.769 bits per heavy atom. The number of morpholine rings is 1. The molecule has 0 spiro atoms. The first-order chi connectivity index (χ1) is 37.5. The van der Waals surface area contributed by atoms with Crippen molar-refractivity contribution in [2.75, 3.05) is 144 Å². The van der Waals surface area contributed by atoms with E-state index < -0.39 is 17.5 Å². The molecule has 25 heteroatoms. The Balaban J connectivity index is 0.882. The molecule has 3 aliphatic heterocycles. The molecule has 1 aromatic heterocycles. The van der Waals surface area contributed by atoms with Gasteiger partial charge in [-0.3, -0.25) is 43.6 Å². The fourth-order valence-electron chi connectivity index (χ4n) is 9.45. The van der Waals surface area contributed by atoms with E-state index in [0.717, 1.165) is 23.1 Å². The van der Waals surface area contributed by atoms with Gasteiger partial charge in [-0.05, 0) is 55.8 Å². The van der Waals surface area contributed by atoms with Crippen LogP contribution in [0, 0.1) is 0 Å². The second-order valence-electron chi connectivity index (χ2n) is 19.7. The van der Waals surface area contributed by atoms with Crippen LogP contribution in [0.2, 0.25) is 10.0 Å². The first kappa shape index (κ1) is 59.3. The number of carbonyl (C=O) groups excluding carboxylic acids is 4. The first-order valence-corrected chi connectivity index (χ1v) is 26.6. The number of aliphatic carboxylic acids is 2. The van der Waals surface area contributed by atoms with E-state index in [0.29, 0.717) is 129 Å². The number of benzene rings is 3. The number of rotatable bonds is 23. The van der Waals surface area contributed by atoms with Crippen LogP contribution in [0.5, 0.6) is 11.5 Å². The number of methoxy groups -OCH3 is 1. The summed E-state index contributed by atoms with van der Waals surface area (Å²) in [6.45, 7) is 9.26. The lowest BCUT2D eigenvalue weighted by atomic mass is 9.95. The molecule has 4 heterocycles. The highest BCUT2D eigenvalue weighted by Crippen LogP contribution is 2.47. The van der Waals surface area contributed by atoms with Gasteiger partial charge in [0.1, 0.15) is 24.4 Å². The predicted octanol–water partition coefficient (Wildman–Crippen LogP) is 2.81. The molecule has 2 saturated heterocycles. The summed E-state index contributed by atoms with van der Waals surface area (Å²) in [5, 5.41) is 30.4. The molecule has 4 aromatic rings. The molecule has 0 radical (unpaired) electrons. The molecule has 0 saturated carbocycles. The number of hydrogen-bond donors (Lipinski definition) is 6. The van der Waals surface area contributed by atoms with Gasteiger partial charge in [-0.2, -0.15) is 5.10 Å². The van der Waals surface area contributed by atoms with Crippen LogP contribution in [0.1, 0.15) is 36.3 Å². The topological polar surface area (TPSA) is 262 Å². The number of hydrogen-bond acceptors (Lipinski definition) is 17. The number of carbonyl (C=O) groups is 6. The molecule has 3 aliphatic rings. The van der Waals surface area contributed by atoms with Crippen molar-refractivity contribution < 1.29 is 57.9 Å². The number of hydrazine groups is 1. The van der Waals surface area contributed by atoms with Gasteiger partial charge in [-0.25, -0.2) is 10.1 Å². The van der Waals surface area contributed by atoms with E-state index in [2.05, 4.69) is 21.5 Å². The highest BCUT2D eigenvalue weighted by molar-refractivity contribution is 6.34. The van der Waals surface area contributed by atoms with Gasteiger partial charge in [0.05, 0.1) is 76.6 Å². The summed E-state index contributed by atoms with van der Waals surface area (Å²) in [6, 6.07) is 16.6. The van der Waals surface area contributed by atoms with Gasteiger partial charge in [-0.15, -0.1) is 0 Å². The van der Waals surface area contributed by atoms with Gasteiger partial charge in [0, 0.05) is 123 Å². The van der Waals surface area contributed by atoms with Gasteiger partial charge < -0.3 is 54.9 Å². The molecule has 6 N–H and O–H groups in total. The highest BCUT2D eigenvalue weighted by Gasteiger charge is 2.39. The average molecular weight is 1120 g/mol. The SMILES string of the molecule is COc1cc2c(cc1-c1cccc(NNCCNC(=O)CCOCCNC(=O)CN3CCN(CC(=O)O)CCN(CC=O)CCN(CC(=O)O)CC3)c1)-c1c(c(C(=O)N3CCOCC3(C)C)nn1-c1cc(Cl)cc(Cl)c1)CO2. The van der Waals surface area contributed by atoms with Gasteiger partial charge in [0.2, 0.25) is 11.8 Å². The molecule has 3 aromatic carbocycles. The van der Waals surface area contributed by atoms with E-state index in [1.165, 1.54) is 0 Å². The standard InChI is InChI=1S/C53H69Cl2N11O12/c1-53(2)35-77-24-20-65(53)52(74)50-43-34-78-45-30-44(75-3)41(29-42(45)51(43)66(60-50)40-27-37(54)26-38(55)28-40)36-5-4-6-39(25-36)59-58-9-8-56-46(68)7-22-76-23-10-57-47(69)31-62-15-17-63(32-48(70)71)13-11-61(19-21-67)12-14-64(18-16-62)33-49(72)73/h4-6,21,25-30,58-59H,7-20,22-24,31-35H2,1-3H3,(H,56,68)(H,57,69)(H,70,71)(H,72,73). The van der Waals surface area contributed by atoms with E-state index >= 15 is 0 Å². The van der Waals surface area contributed by atoms with Crippen molar-refractivity contribution in [2.24, 2.45) is 0 Å². The molecule has 422 valence electrons. The Hall–Kier alpha value is -6.41. The third-order valence-electron chi connectivity index (χ3n) is 13.5. The van der Waals surface area contributed by atoms with Gasteiger partial charge in [0.15, 0.2) is 5.69 Å². The minimum Gasteiger partial charge on any atom is -0.496 e. The summed E-state index contributed by atoms with van der Waals surface area (Å²) in [5.41, 5.74) is 10.9. The predicted molar refractivity (Wildman–Crippen MR) is 291 cm³/mol. The van der Waals surface area contributed by atoms with E-state index in [9.17, 15) is 39.0 Å². The molecule has 0 aliphatic carbocycles. The smallest absolute Gasteiger partial charge is 0.317 e. The minimum absolute atomic E-state index is 0.00734. The van der Waals surface area contributed by atoms with Crippen LogP contribution in [0.3, 0.4) is 0 Å². The fraction of sp³-hybridized carbons (Fsp3) is 0.491. The molecule has 0 bridgehead atoms. The number of carboxylic acid groups (broad SMARTS) is 2. The second-order valence-corrected chi connectivity index (χ2v) is 20.5. The number of halogens is 2. The van der Waals surface area contributed by atoms with Crippen molar-refractivity contribution in [1.82, 2.24) is 50.3 Å². The van der Waals surface area contributed by atoms with Gasteiger partial charge in [-0.1, -0.05) is 35.3 Å². The molecule has 0 unspecified atom stereocenters. The Bertz CT molecular complexity index is 2710. The Morgan fingerprint density at radius 3 is 2.06 bits per heavy atom. The van der Waals surface area contributed by atoms with Crippen molar-refractivity contribution in [3.8, 4) is 39.6 Å². The molecule has 0 atom stereocenters. The van der Waals surface area contributed by atoms with Crippen molar-refractivity contribution in [3.63, 3.8) is 0 Å². The number of anilines is 1. The lowest BCUT2D eigenvalue weighted by molar-refractivity contribution is -0.139. The quantitative estimate of drug-likeness (QED) is 0.0354. The van der Waals surface area contributed by atoms with Crippen molar-refractivity contribution >= 4 is 64.8 Å². The maximum Gasteiger partial charge on any atom is 0.317 e. The zero-order valence-corrected chi connectivity index (χ0v) is 45.7. The minimum atomic E-state index is -0.987. The summed E-state index contributed by atoms with van der Waals surface area (Å²) < 4.78 is 25.3. The molecule has 3 amide bonds. The Labute approximate surface area is 462 Å². The number of nitrogens with one attached hydrogen (secondary N) is 4. The summed E-state index contributed by atoms with van der Waals surface area (Å²) in [5.74, 6) is -1.60. The van der Waals surface area contributed by atoms with Crippen LogP contribution in [0.15, 0.2) is 54.6 Å². The largest absolute Gasteiger partial charge is 0.496 e. The van der Waals surface area contributed by atoms with Crippen LogP contribution >= 0.6 is 23.2 Å². The summed E-state index contributed by atoms with van der Waals surface area (Å²) in [4.78, 5) is 83.5. The second kappa shape index (κ2) is 28.5. The number of aldehydes is 1. The van der Waals surface area contributed by atoms with Crippen LogP contribution < -0.4 is 31.0 Å². The molecule has 78 heavy (non-hydrogen) atoms. The van der Waals surface area contributed by atoms with Crippen LogP contribution in [0.4, 0.5) is 5.69 Å². The maximum absolute atomic E-state index is 14.4. The highest BCUT2D eigenvalue weighted by atomic mass is 35.5. The van der Waals surface area contributed by atoms with Crippen LogP contribution in [-0.2, 0) is 40.1 Å². The molecular weight excluding hydrogens is 1050 g/mol. The third-order valence-corrected chi connectivity index (χ3v) is 13.9. The Morgan fingerprint density at radius 2 is 1.42 bits per heavy atom. The van der Waals surface area contributed by atoms with E-state index in [1.807, 2.05) is 60.0 Å². The third kappa shape index (κ3) is 16.6. The number of fused-ring (bicyclic) bond motifs is 3. The normalized spacial score (nSPS) is 16.6. The molecular formula is C53H69Cl2N11O12. The lowest BCUT2D eigenvalue weighted by Gasteiger charge is -2.41. The van der Waals surface area contributed by atoms with Crippen molar-refractivity contribution in [3.05, 3.63) is 75.9 Å². The van der Waals surface area contributed by atoms with Crippen molar-refractivity contribution in [2.45, 2.75) is 32.4 Å². The van der Waals surface area contributed by atoms with Crippen molar-refractivity contribution in [1.29, 1.82) is 0 Å². The zero-order valence-electron chi connectivity index (χ0n) is 44.2. The number of carboxylic acids is 2. The molecule has 7 rings (SSSR count). The summed E-state index contributed by atoms with van der Waals surface area (Å²) >= 11 is 13.0. The average Bonchev–Trinajstić information content (AvgIpc) is 4.05. The van der Waals surface area contributed by atoms with E-state index in [4.69, 9.17) is 47.2 Å². The Kier molecular flexibility index (Phi) is 21.6. The monoisotopic (exact) mass is 1120 g/mol. The lowest BCUT2D eigenvalue weighted by Crippen LogP contribution is -2.55. The molecule has 2 fully saturated rings. The van der Waals surface area contributed by atoms with Gasteiger partial charge >= 0.3 is 11.9 Å².